The number of nitrogens with zero attached hydrogens (tertiary/aromatic N) is 3. The van der Waals surface area contributed by atoms with Crippen molar-refractivity contribution >= 4 is 10.9 Å². The van der Waals surface area contributed by atoms with Gasteiger partial charge >= 0.3 is 0 Å². The highest BCUT2D eigenvalue weighted by molar-refractivity contribution is 5.86. The number of hydrogen-bond acceptors (Lipinski definition) is 3. The Labute approximate surface area is 162 Å². The van der Waals surface area contributed by atoms with Crippen molar-refractivity contribution in [3.63, 3.8) is 0 Å². The zero-order chi connectivity index (χ0) is 19.0. The number of aliphatic hydroxyl groups is 1. The molecule has 146 valence electrons. The summed E-state index contributed by atoms with van der Waals surface area (Å²) in [6, 6.07) is 8.90. The zero-order valence-corrected chi connectivity index (χ0v) is 17.2. The molecule has 4 nitrogen and oxygen atoms in total. The number of rotatable bonds is 4. The van der Waals surface area contributed by atoms with Crippen LogP contribution in [0.3, 0.4) is 0 Å². The molecule has 0 amide bonds. The molecule has 4 bridgehead atoms. The summed E-state index contributed by atoms with van der Waals surface area (Å²) in [6.07, 6.45) is 2.32. The average Bonchev–Trinajstić information content (AvgIpc) is 2.96. The van der Waals surface area contributed by atoms with Crippen LogP contribution in [-0.4, -0.2) is 51.8 Å². The molecule has 4 saturated heterocycles. The molecule has 4 fully saturated rings. The molecule has 6 rings (SSSR count). The number of benzene rings is 1. The standard InChI is InChI=1S/C23H33N3O/c1-5-22-12-24-14-23(6-2,21(22)27)15-25(13-22)20(24)19-16(4)26(7-3)18-11-9-8-10-17(18)19/h8-11,20-21,27H,5-7,12-15H2,1-4H3. The minimum Gasteiger partial charge on any atom is -0.392 e. The Balaban J connectivity index is 1.66. The lowest BCUT2D eigenvalue weighted by Gasteiger charge is -2.69. The van der Waals surface area contributed by atoms with Crippen LogP contribution in [0.5, 0.6) is 0 Å². The number of para-hydroxylation sites is 1. The van der Waals surface area contributed by atoms with Gasteiger partial charge in [0.25, 0.3) is 0 Å². The Hall–Kier alpha value is -1.36. The summed E-state index contributed by atoms with van der Waals surface area (Å²) >= 11 is 0. The van der Waals surface area contributed by atoms with E-state index in [0.717, 1.165) is 45.6 Å². The largest absolute Gasteiger partial charge is 0.392 e. The summed E-state index contributed by atoms with van der Waals surface area (Å²) in [4.78, 5) is 5.39. The van der Waals surface area contributed by atoms with Gasteiger partial charge in [0.05, 0.1) is 12.3 Å². The predicted octanol–water partition coefficient (Wildman–Crippen LogP) is 3.77. The Morgan fingerprint density at radius 1 is 0.963 bits per heavy atom. The monoisotopic (exact) mass is 367 g/mol. The molecule has 4 aliphatic rings. The Bertz CT molecular complexity index is 845. The van der Waals surface area contributed by atoms with E-state index in [9.17, 15) is 5.11 Å². The summed E-state index contributed by atoms with van der Waals surface area (Å²) in [6.45, 7) is 14.2. The van der Waals surface area contributed by atoms with Crippen molar-refractivity contribution in [3.05, 3.63) is 35.5 Å². The van der Waals surface area contributed by atoms with Crippen LogP contribution in [0.15, 0.2) is 24.3 Å². The van der Waals surface area contributed by atoms with Gasteiger partial charge in [0, 0.05) is 65.7 Å². The molecule has 1 N–H and O–H groups in total. The van der Waals surface area contributed by atoms with Crippen LogP contribution in [0.2, 0.25) is 0 Å². The van der Waals surface area contributed by atoms with Gasteiger partial charge in [-0.05, 0) is 32.8 Å². The van der Waals surface area contributed by atoms with Crippen LogP contribution in [0.4, 0.5) is 0 Å². The van der Waals surface area contributed by atoms with E-state index in [2.05, 4.69) is 66.3 Å². The van der Waals surface area contributed by atoms with Crippen LogP contribution in [0.1, 0.15) is 51.0 Å². The lowest BCUT2D eigenvalue weighted by Crippen LogP contribution is -2.78. The summed E-state index contributed by atoms with van der Waals surface area (Å²) in [5, 5.41) is 12.7. The topological polar surface area (TPSA) is 31.6 Å². The summed E-state index contributed by atoms with van der Waals surface area (Å²) in [5.74, 6) is 0. The van der Waals surface area contributed by atoms with Crippen LogP contribution in [0.25, 0.3) is 10.9 Å². The number of piperidine rings is 2. The highest BCUT2D eigenvalue weighted by atomic mass is 16.3. The van der Waals surface area contributed by atoms with Gasteiger partial charge in [-0.15, -0.1) is 0 Å². The van der Waals surface area contributed by atoms with Crippen molar-refractivity contribution < 1.29 is 5.11 Å². The first kappa shape index (κ1) is 17.7. The predicted molar refractivity (Wildman–Crippen MR) is 110 cm³/mol. The smallest absolute Gasteiger partial charge is 0.0910 e. The van der Waals surface area contributed by atoms with Crippen LogP contribution in [-0.2, 0) is 6.54 Å². The van der Waals surface area contributed by atoms with Gasteiger partial charge in [0.15, 0.2) is 0 Å². The summed E-state index contributed by atoms with van der Waals surface area (Å²) < 4.78 is 2.47. The fourth-order valence-corrected chi connectivity index (χ4v) is 6.79. The first-order valence-electron chi connectivity index (χ1n) is 10.7. The zero-order valence-electron chi connectivity index (χ0n) is 17.2. The first-order chi connectivity index (χ1) is 13.0. The SMILES string of the molecule is CCn1c(C)c(C2N3CC4(CC)CN2CC(CC)(C3)C4O)c2ccccc21. The van der Waals surface area contributed by atoms with Crippen molar-refractivity contribution in [1.82, 2.24) is 14.4 Å². The minimum atomic E-state index is -0.161. The molecule has 0 aliphatic carbocycles. The third-order valence-corrected chi connectivity index (χ3v) is 8.19. The molecule has 1 aromatic carbocycles. The number of hydrogen-bond donors (Lipinski definition) is 1. The van der Waals surface area contributed by atoms with Gasteiger partial charge in [-0.1, -0.05) is 32.0 Å². The lowest BCUT2D eigenvalue weighted by atomic mass is 9.57. The molecule has 0 saturated carbocycles. The van der Waals surface area contributed by atoms with Crippen molar-refractivity contribution in [2.24, 2.45) is 10.8 Å². The van der Waals surface area contributed by atoms with Crippen molar-refractivity contribution in [2.45, 2.75) is 59.4 Å². The number of fused-ring (bicyclic) bond motifs is 1. The average molecular weight is 368 g/mol. The van der Waals surface area contributed by atoms with Gasteiger partial charge < -0.3 is 9.67 Å². The van der Waals surface area contributed by atoms with Crippen LogP contribution >= 0.6 is 0 Å². The molecule has 4 heteroatoms. The van der Waals surface area contributed by atoms with E-state index in [0.29, 0.717) is 6.17 Å². The van der Waals surface area contributed by atoms with Crippen LogP contribution in [0, 0.1) is 17.8 Å². The second-order valence-electron chi connectivity index (χ2n) is 9.28. The molecular weight excluding hydrogens is 334 g/mol. The molecule has 27 heavy (non-hydrogen) atoms. The van der Waals surface area contributed by atoms with E-state index in [-0.39, 0.29) is 16.9 Å². The first-order valence-corrected chi connectivity index (χ1v) is 10.7. The second-order valence-corrected chi connectivity index (χ2v) is 9.28. The van der Waals surface area contributed by atoms with E-state index < -0.39 is 0 Å². The van der Waals surface area contributed by atoms with Gasteiger partial charge in [0.1, 0.15) is 0 Å². The van der Waals surface area contributed by atoms with Crippen LogP contribution < -0.4 is 0 Å². The minimum absolute atomic E-state index is 0.0417. The highest BCUT2D eigenvalue weighted by Gasteiger charge is 2.64. The Kier molecular flexibility index (Phi) is 3.82. The maximum atomic E-state index is 11.3. The molecule has 0 radical (unpaired) electrons. The molecule has 1 aromatic heterocycles. The molecular formula is C23H33N3O. The number of aromatic nitrogens is 1. The molecule has 0 atom stereocenters. The van der Waals surface area contributed by atoms with E-state index in [1.165, 1.54) is 22.2 Å². The van der Waals surface area contributed by atoms with E-state index in [1.54, 1.807) is 0 Å². The third-order valence-electron chi connectivity index (χ3n) is 8.19. The fraction of sp³-hybridized carbons (Fsp3) is 0.652. The Morgan fingerprint density at radius 2 is 1.52 bits per heavy atom. The second kappa shape index (κ2) is 5.82. The number of aliphatic hydroxyl groups excluding tert-OH is 1. The van der Waals surface area contributed by atoms with E-state index in [1.807, 2.05) is 0 Å². The van der Waals surface area contributed by atoms with Gasteiger partial charge in [-0.25, -0.2) is 0 Å². The summed E-state index contributed by atoms with van der Waals surface area (Å²) in [5.41, 5.74) is 4.35. The summed E-state index contributed by atoms with van der Waals surface area (Å²) in [7, 11) is 0. The fourth-order valence-electron chi connectivity index (χ4n) is 6.79. The number of aryl methyl sites for hydroxylation is 1. The molecule has 2 aromatic rings. The molecule has 0 spiro atoms. The molecule has 4 aliphatic heterocycles. The normalized spacial score (nSPS) is 40.2. The van der Waals surface area contributed by atoms with Gasteiger partial charge in [-0.3, -0.25) is 9.80 Å². The van der Waals surface area contributed by atoms with Crippen molar-refractivity contribution in [1.29, 1.82) is 0 Å². The van der Waals surface area contributed by atoms with Gasteiger partial charge in [-0.2, -0.15) is 0 Å². The van der Waals surface area contributed by atoms with Crippen molar-refractivity contribution in [3.8, 4) is 0 Å². The van der Waals surface area contributed by atoms with E-state index >= 15 is 0 Å². The van der Waals surface area contributed by atoms with E-state index in [4.69, 9.17) is 0 Å². The maximum absolute atomic E-state index is 11.3. The Morgan fingerprint density at radius 3 is 2.04 bits per heavy atom. The quantitative estimate of drug-likeness (QED) is 0.893. The lowest BCUT2D eigenvalue weighted by molar-refractivity contribution is -0.266. The highest BCUT2D eigenvalue weighted by Crippen LogP contribution is 2.57. The molecule has 0 unspecified atom stereocenters. The third kappa shape index (κ3) is 2.10. The van der Waals surface area contributed by atoms with Gasteiger partial charge in [0.2, 0.25) is 0 Å². The maximum Gasteiger partial charge on any atom is 0.0910 e. The molecule has 5 heterocycles. The van der Waals surface area contributed by atoms with Crippen molar-refractivity contribution in [2.75, 3.05) is 26.2 Å².